The highest BCUT2D eigenvalue weighted by Crippen LogP contribution is 2.39. The summed E-state index contributed by atoms with van der Waals surface area (Å²) in [6.45, 7) is 13.5. The van der Waals surface area contributed by atoms with Gasteiger partial charge >= 0.3 is 0 Å². The molecule has 0 unspecified atom stereocenters. The lowest BCUT2D eigenvalue weighted by Gasteiger charge is -2.21. The van der Waals surface area contributed by atoms with E-state index in [1.54, 1.807) is 12.1 Å². The molecule has 298 valence electrons. The minimum absolute atomic E-state index is 0.122. The average Bonchev–Trinajstić information content (AvgIpc) is 3.17. The van der Waals surface area contributed by atoms with Crippen molar-refractivity contribution >= 4 is 23.1 Å². The lowest BCUT2D eigenvalue weighted by Crippen LogP contribution is -2.17. The summed E-state index contributed by atoms with van der Waals surface area (Å²) in [6, 6.07) is 11.2. The maximum Gasteiger partial charge on any atom is 0.182 e. The van der Waals surface area contributed by atoms with Crippen LogP contribution in [0.1, 0.15) is 74.9 Å². The van der Waals surface area contributed by atoms with Crippen molar-refractivity contribution in [2.24, 2.45) is 0 Å². The molecule has 12 aliphatic rings. The van der Waals surface area contributed by atoms with Gasteiger partial charge in [-0.3, -0.25) is 19.2 Å². The van der Waals surface area contributed by atoms with E-state index in [9.17, 15) is 19.2 Å². The molecule has 0 N–H and O–H groups in total. The third-order valence-corrected chi connectivity index (χ3v) is 9.92. The molecular formula is C47H50O10. The molecule has 0 saturated carbocycles. The van der Waals surface area contributed by atoms with Gasteiger partial charge < -0.3 is 28.4 Å². The smallest absolute Gasteiger partial charge is 0.182 e. The number of carbonyl (C=O) groups is 4. The minimum atomic E-state index is -0.282. The Hall–Kier alpha value is -5.90. The van der Waals surface area contributed by atoms with Crippen molar-refractivity contribution in [2.45, 2.75) is 73.6 Å². The fourth-order valence-electron chi connectivity index (χ4n) is 7.37. The van der Waals surface area contributed by atoms with E-state index in [4.69, 9.17) is 28.4 Å². The Morgan fingerprint density at radius 2 is 0.491 bits per heavy atom. The van der Waals surface area contributed by atoms with Crippen LogP contribution in [0.2, 0.25) is 0 Å². The first kappa shape index (κ1) is 40.8. The summed E-state index contributed by atoms with van der Waals surface area (Å²) in [5.41, 5.74) is 5.68. The van der Waals surface area contributed by atoms with Gasteiger partial charge in [0.1, 0.15) is 34.5 Å². The largest absolute Gasteiger partial charge is 0.494 e. The number of ether oxygens (including phenoxy) is 6. The molecule has 0 atom stereocenters. The van der Waals surface area contributed by atoms with Gasteiger partial charge in [-0.25, -0.2) is 0 Å². The van der Waals surface area contributed by atoms with E-state index in [1.165, 1.54) is 24.3 Å². The van der Waals surface area contributed by atoms with Gasteiger partial charge in [-0.2, -0.15) is 0 Å². The lowest BCUT2D eigenvalue weighted by molar-refractivity contribution is -0.115. The third-order valence-electron chi connectivity index (χ3n) is 9.92. The summed E-state index contributed by atoms with van der Waals surface area (Å²) >= 11 is 0. The van der Waals surface area contributed by atoms with Gasteiger partial charge in [0, 0.05) is 87.8 Å². The number of benzene rings is 3. The fraction of sp³-hybridized carbons (Fsp3) is 0.362. The van der Waals surface area contributed by atoms with E-state index in [-0.39, 0.29) is 48.8 Å². The highest BCUT2D eigenvalue weighted by molar-refractivity contribution is 6.21. The second kappa shape index (κ2) is 18.4. The molecule has 10 nitrogen and oxygen atoms in total. The van der Waals surface area contributed by atoms with Crippen LogP contribution in [0, 0.1) is 0 Å². The Morgan fingerprint density at radius 3 is 0.667 bits per heavy atom. The first-order valence-corrected chi connectivity index (χ1v) is 19.8. The van der Waals surface area contributed by atoms with Gasteiger partial charge in [-0.15, -0.1) is 0 Å². The average molecular weight is 775 g/mol. The molecule has 0 fully saturated rings. The van der Waals surface area contributed by atoms with Crippen molar-refractivity contribution < 1.29 is 47.6 Å². The zero-order valence-corrected chi connectivity index (χ0v) is 33.6. The predicted octanol–water partition coefficient (Wildman–Crippen LogP) is 7.56. The van der Waals surface area contributed by atoms with Gasteiger partial charge in [0.2, 0.25) is 0 Å². The van der Waals surface area contributed by atoms with Crippen LogP contribution in [0.3, 0.4) is 0 Å². The monoisotopic (exact) mass is 774 g/mol. The minimum Gasteiger partial charge on any atom is -0.494 e. The van der Waals surface area contributed by atoms with E-state index < -0.39 is 0 Å². The van der Waals surface area contributed by atoms with Crippen LogP contribution in [0.4, 0.5) is 0 Å². The number of hydrogen-bond donors (Lipinski definition) is 0. The lowest BCUT2D eigenvalue weighted by atomic mass is 9.87. The quantitative estimate of drug-likeness (QED) is 0.170. The molecule has 0 saturated heterocycles. The molecule has 0 aliphatic heterocycles. The van der Waals surface area contributed by atoms with Gasteiger partial charge in [-0.05, 0) is 102 Å². The normalized spacial score (nSPS) is 15.5. The van der Waals surface area contributed by atoms with Crippen LogP contribution in [0.5, 0.6) is 34.5 Å². The summed E-state index contributed by atoms with van der Waals surface area (Å²) in [5.74, 6) is 2.22. The third kappa shape index (κ3) is 9.22. The Balaban J connectivity index is 1.54. The van der Waals surface area contributed by atoms with Crippen molar-refractivity contribution in [3.63, 3.8) is 0 Å². The standard InChI is InChI=1S/C47H50O10/c1-7-52-42-22-33-14-29-19-41(51)31(21-39(29)49)16-35-25-47(57-12-6)37(27-45(35)55-10-4)17-36-26-44(54-9-3)34(24-46(36)56-11-5)15-30-20-38(48)28(18-40(30)50)13-32(42)23-43(33)53-8-2/h18-27H,7-17H2,1-6H3. The topological polar surface area (TPSA) is 124 Å². The molecular weight excluding hydrogens is 725 g/mol. The van der Waals surface area contributed by atoms with Crippen LogP contribution < -0.4 is 28.4 Å². The van der Waals surface area contributed by atoms with E-state index in [2.05, 4.69) is 0 Å². The van der Waals surface area contributed by atoms with Crippen molar-refractivity contribution in [1.29, 1.82) is 0 Å². The predicted molar refractivity (Wildman–Crippen MR) is 216 cm³/mol. The number of hydrogen-bond acceptors (Lipinski definition) is 10. The van der Waals surface area contributed by atoms with Crippen molar-refractivity contribution in [1.82, 2.24) is 0 Å². The van der Waals surface area contributed by atoms with Crippen molar-refractivity contribution in [2.75, 3.05) is 39.6 Å². The highest BCUT2D eigenvalue weighted by Gasteiger charge is 2.27. The number of rotatable bonds is 12. The highest BCUT2D eigenvalue weighted by atomic mass is 16.5. The van der Waals surface area contributed by atoms with E-state index >= 15 is 0 Å². The van der Waals surface area contributed by atoms with Crippen LogP contribution in [0.15, 0.2) is 83.0 Å². The molecule has 3 aromatic rings. The zero-order chi connectivity index (χ0) is 40.6. The number of allylic oxidation sites excluding steroid dienone is 8. The molecule has 10 heteroatoms. The zero-order valence-electron chi connectivity index (χ0n) is 33.6. The van der Waals surface area contributed by atoms with E-state index in [0.717, 1.165) is 11.1 Å². The Kier molecular flexibility index (Phi) is 13.1. The molecule has 0 amide bonds. The van der Waals surface area contributed by atoms with Crippen LogP contribution in [0.25, 0.3) is 0 Å². The number of carbonyl (C=O) groups excluding carboxylic acids is 4. The first-order valence-electron chi connectivity index (χ1n) is 19.8. The van der Waals surface area contributed by atoms with Crippen molar-refractivity contribution in [3.8, 4) is 34.5 Å². The first-order chi connectivity index (χ1) is 27.6. The second-order valence-electron chi connectivity index (χ2n) is 13.8. The molecule has 0 heterocycles. The van der Waals surface area contributed by atoms with Crippen LogP contribution in [-0.2, 0) is 51.3 Å². The molecule has 15 rings (SSSR count). The second-order valence-corrected chi connectivity index (χ2v) is 13.8. The molecule has 0 radical (unpaired) electrons. The Bertz CT molecular complexity index is 2060. The fourth-order valence-corrected chi connectivity index (χ4v) is 7.37. The van der Waals surface area contributed by atoms with Gasteiger partial charge in [0.25, 0.3) is 0 Å². The van der Waals surface area contributed by atoms with Gasteiger partial charge in [-0.1, -0.05) is 0 Å². The summed E-state index contributed by atoms with van der Waals surface area (Å²) in [7, 11) is 0. The molecule has 0 aromatic heterocycles. The van der Waals surface area contributed by atoms with Crippen molar-refractivity contribution in [3.05, 3.63) is 116 Å². The summed E-state index contributed by atoms with van der Waals surface area (Å²) < 4.78 is 36.8. The molecule has 57 heavy (non-hydrogen) atoms. The summed E-state index contributed by atoms with van der Waals surface area (Å²) in [6.07, 6.45) is 6.57. The Labute approximate surface area is 334 Å². The summed E-state index contributed by atoms with van der Waals surface area (Å²) in [5, 5.41) is 0. The number of ketones is 4. The summed E-state index contributed by atoms with van der Waals surface area (Å²) in [4.78, 5) is 54.9. The Morgan fingerprint density at radius 1 is 0.316 bits per heavy atom. The van der Waals surface area contributed by atoms with Gasteiger partial charge in [0.15, 0.2) is 23.1 Å². The van der Waals surface area contributed by atoms with Gasteiger partial charge in [0.05, 0.1) is 39.6 Å². The SMILES string of the molecule is CCOc1cc2c(OCC)cc1CC1=CC(=O)C(=CC1=O)Cc1cc(OCC)c(cc1OCC)Cc1cc(OCC)c(cc1OCC)CC1=CC(=O)C(=CC1=O)C2. The maximum absolute atomic E-state index is 13.7. The van der Waals surface area contributed by atoms with E-state index in [1.807, 2.05) is 65.8 Å². The molecule has 12 aliphatic carbocycles. The maximum atomic E-state index is 13.7. The molecule has 10 bridgehead atoms. The van der Waals surface area contributed by atoms with E-state index in [0.29, 0.717) is 125 Å². The van der Waals surface area contributed by atoms with Crippen LogP contribution in [-0.4, -0.2) is 62.8 Å². The van der Waals surface area contributed by atoms with Crippen LogP contribution >= 0.6 is 0 Å². The molecule has 3 aromatic carbocycles. The molecule has 0 spiro atoms.